The zero-order chi connectivity index (χ0) is 16.8. The maximum atomic E-state index is 4.65. The van der Waals surface area contributed by atoms with Gasteiger partial charge in [0, 0.05) is 41.7 Å². The molecule has 3 rings (SSSR count). The number of hydrogen-bond acceptors (Lipinski definition) is 5. The lowest BCUT2D eigenvalue weighted by molar-refractivity contribution is 0.481. The Hall–Kier alpha value is -2.01. The Kier molecular flexibility index (Phi) is 5.75. The van der Waals surface area contributed by atoms with Crippen molar-refractivity contribution in [2.24, 2.45) is 5.92 Å². The molecule has 2 heterocycles. The number of aromatic nitrogens is 4. The number of hydrogen-bond donors (Lipinski definition) is 0. The van der Waals surface area contributed by atoms with Gasteiger partial charge in [-0.15, -0.1) is 11.8 Å². The minimum Gasteiger partial charge on any atom is -0.241 e. The smallest absolute Gasteiger partial charge is 0.128 e. The predicted octanol–water partition coefficient (Wildman–Crippen LogP) is 4.34. The summed E-state index contributed by atoms with van der Waals surface area (Å²) in [7, 11) is 0. The molecular weight excluding hydrogens is 316 g/mol. The van der Waals surface area contributed by atoms with Crippen LogP contribution in [0, 0.1) is 5.92 Å². The zero-order valence-electron chi connectivity index (χ0n) is 14.1. The molecule has 5 heteroatoms. The molecule has 0 spiro atoms. The van der Waals surface area contributed by atoms with Gasteiger partial charge in [-0.1, -0.05) is 25.1 Å². The lowest BCUT2D eigenvalue weighted by atomic mass is 9.99. The van der Waals surface area contributed by atoms with Crippen molar-refractivity contribution in [3.8, 4) is 0 Å². The molecule has 0 radical (unpaired) electrons. The van der Waals surface area contributed by atoms with Gasteiger partial charge in [-0.25, -0.2) is 19.9 Å². The van der Waals surface area contributed by atoms with E-state index in [9.17, 15) is 0 Å². The Morgan fingerprint density at radius 3 is 2.33 bits per heavy atom. The number of para-hydroxylation sites is 1. The summed E-state index contributed by atoms with van der Waals surface area (Å²) in [5, 5.41) is 1.10. The van der Waals surface area contributed by atoms with Crippen molar-refractivity contribution < 1.29 is 0 Å². The van der Waals surface area contributed by atoms with E-state index in [1.807, 2.05) is 49.1 Å². The van der Waals surface area contributed by atoms with Crippen LogP contribution in [0.1, 0.15) is 31.4 Å². The summed E-state index contributed by atoms with van der Waals surface area (Å²) < 4.78 is 0. The minimum atomic E-state index is 0.601. The van der Waals surface area contributed by atoms with Gasteiger partial charge in [-0.3, -0.25) is 0 Å². The standard InChI is InChI=1S/C19H22N4S/c1-14(7-9-18-21-12-16(24-2)13-22-18)8-10-19-20-11-15-5-3-4-6-17(15)23-19/h3-6,11-14H,7-10H2,1-2H3. The van der Waals surface area contributed by atoms with Gasteiger partial charge in [0.15, 0.2) is 0 Å². The third kappa shape index (κ3) is 4.51. The van der Waals surface area contributed by atoms with Crippen LogP contribution in [0.2, 0.25) is 0 Å². The van der Waals surface area contributed by atoms with Crippen molar-refractivity contribution in [3.05, 3.63) is 54.5 Å². The number of nitrogens with zero attached hydrogens (tertiary/aromatic N) is 4. The van der Waals surface area contributed by atoms with Crippen LogP contribution in [0.15, 0.2) is 47.8 Å². The first-order valence-electron chi connectivity index (χ1n) is 8.30. The number of thioether (sulfide) groups is 1. The Morgan fingerprint density at radius 1 is 0.917 bits per heavy atom. The molecule has 0 N–H and O–H groups in total. The van der Waals surface area contributed by atoms with Gasteiger partial charge in [0.25, 0.3) is 0 Å². The third-order valence-electron chi connectivity index (χ3n) is 4.18. The Labute approximate surface area is 147 Å². The second-order valence-corrected chi connectivity index (χ2v) is 6.95. The van der Waals surface area contributed by atoms with E-state index in [2.05, 4.69) is 26.9 Å². The molecule has 0 aliphatic carbocycles. The molecule has 2 aromatic heterocycles. The minimum absolute atomic E-state index is 0.601. The molecule has 1 atom stereocenters. The highest BCUT2D eigenvalue weighted by atomic mass is 32.2. The molecule has 0 saturated heterocycles. The number of rotatable bonds is 7. The van der Waals surface area contributed by atoms with Gasteiger partial charge in [-0.05, 0) is 31.1 Å². The van der Waals surface area contributed by atoms with Crippen molar-refractivity contribution in [2.75, 3.05) is 6.26 Å². The van der Waals surface area contributed by atoms with Crippen molar-refractivity contribution in [1.82, 2.24) is 19.9 Å². The van der Waals surface area contributed by atoms with Crippen molar-refractivity contribution in [2.45, 2.75) is 37.5 Å². The van der Waals surface area contributed by atoms with Crippen LogP contribution in [0.25, 0.3) is 10.9 Å². The predicted molar refractivity (Wildman–Crippen MR) is 99.2 cm³/mol. The highest BCUT2D eigenvalue weighted by molar-refractivity contribution is 7.98. The van der Waals surface area contributed by atoms with Crippen molar-refractivity contribution >= 4 is 22.7 Å². The molecule has 0 fully saturated rings. The fraction of sp³-hybridized carbons (Fsp3) is 0.368. The fourth-order valence-electron chi connectivity index (χ4n) is 2.60. The SMILES string of the molecule is CSc1cnc(CCC(C)CCc2ncc3ccccc3n2)nc1. The Morgan fingerprint density at radius 2 is 1.58 bits per heavy atom. The van der Waals surface area contributed by atoms with Crippen molar-refractivity contribution in [1.29, 1.82) is 0 Å². The largest absolute Gasteiger partial charge is 0.241 e. The van der Waals surface area contributed by atoms with E-state index in [0.29, 0.717) is 5.92 Å². The second kappa shape index (κ2) is 8.20. The highest BCUT2D eigenvalue weighted by Gasteiger charge is 2.07. The third-order valence-corrected chi connectivity index (χ3v) is 4.86. The van der Waals surface area contributed by atoms with Gasteiger partial charge in [0.05, 0.1) is 5.52 Å². The van der Waals surface area contributed by atoms with Crippen LogP contribution in [0.5, 0.6) is 0 Å². The van der Waals surface area contributed by atoms with Gasteiger partial charge in [0.1, 0.15) is 11.6 Å². The molecule has 0 saturated carbocycles. The second-order valence-electron chi connectivity index (χ2n) is 6.07. The van der Waals surface area contributed by atoms with E-state index in [-0.39, 0.29) is 0 Å². The molecule has 0 aliphatic heterocycles. The summed E-state index contributed by atoms with van der Waals surface area (Å²) in [5.74, 6) is 2.46. The molecular formula is C19H22N4S. The molecule has 4 nitrogen and oxygen atoms in total. The number of benzene rings is 1. The average molecular weight is 338 g/mol. The van der Waals surface area contributed by atoms with Crippen LogP contribution in [0.3, 0.4) is 0 Å². The molecule has 0 amide bonds. The quantitative estimate of drug-likeness (QED) is 0.600. The molecule has 124 valence electrons. The lowest BCUT2D eigenvalue weighted by Gasteiger charge is -2.10. The van der Waals surface area contributed by atoms with Gasteiger partial charge < -0.3 is 0 Å². The van der Waals surface area contributed by atoms with Gasteiger partial charge in [-0.2, -0.15) is 0 Å². The highest BCUT2D eigenvalue weighted by Crippen LogP contribution is 2.16. The molecule has 24 heavy (non-hydrogen) atoms. The van der Waals surface area contributed by atoms with Crippen LogP contribution >= 0.6 is 11.8 Å². The summed E-state index contributed by atoms with van der Waals surface area (Å²) in [6.45, 7) is 2.28. The maximum absolute atomic E-state index is 4.65. The fourth-order valence-corrected chi connectivity index (χ4v) is 2.92. The van der Waals surface area contributed by atoms with E-state index in [1.165, 1.54) is 0 Å². The van der Waals surface area contributed by atoms with Crippen molar-refractivity contribution in [3.63, 3.8) is 0 Å². The van der Waals surface area contributed by atoms with Crippen LogP contribution < -0.4 is 0 Å². The van der Waals surface area contributed by atoms with E-state index in [0.717, 1.165) is 53.1 Å². The van der Waals surface area contributed by atoms with E-state index in [4.69, 9.17) is 0 Å². The topological polar surface area (TPSA) is 51.6 Å². The van der Waals surface area contributed by atoms with Crippen LogP contribution in [-0.4, -0.2) is 26.2 Å². The van der Waals surface area contributed by atoms with Crippen LogP contribution in [0.4, 0.5) is 0 Å². The van der Waals surface area contributed by atoms with E-state index in [1.54, 1.807) is 11.8 Å². The zero-order valence-corrected chi connectivity index (χ0v) is 15.0. The molecule has 1 aromatic carbocycles. The first kappa shape index (κ1) is 16.8. The molecule has 0 bridgehead atoms. The summed E-state index contributed by atoms with van der Waals surface area (Å²) >= 11 is 1.67. The Balaban J connectivity index is 1.49. The summed E-state index contributed by atoms with van der Waals surface area (Å²) in [6, 6.07) is 8.12. The maximum Gasteiger partial charge on any atom is 0.128 e. The number of fused-ring (bicyclic) bond motifs is 1. The first-order chi connectivity index (χ1) is 11.7. The first-order valence-corrected chi connectivity index (χ1v) is 9.52. The van der Waals surface area contributed by atoms with E-state index >= 15 is 0 Å². The normalized spacial score (nSPS) is 12.4. The summed E-state index contributed by atoms with van der Waals surface area (Å²) in [5.41, 5.74) is 1.03. The molecule has 3 aromatic rings. The van der Waals surface area contributed by atoms with Gasteiger partial charge >= 0.3 is 0 Å². The molecule has 1 unspecified atom stereocenters. The summed E-state index contributed by atoms with van der Waals surface area (Å²) in [4.78, 5) is 19.1. The summed E-state index contributed by atoms with van der Waals surface area (Å²) in [6.07, 6.45) is 11.8. The lowest BCUT2D eigenvalue weighted by Crippen LogP contribution is -2.04. The number of aryl methyl sites for hydroxylation is 2. The van der Waals surface area contributed by atoms with Crippen LogP contribution in [-0.2, 0) is 12.8 Å². The average Bonchev–Trinajstić information content (AvgIpc) is 2.65. The molecule has 0 aliphatic rings. The van der Waals surface area contributed by atoms with Gasteiger partial charge in [0.2, 0.25) is 0 Å². The van der Waals surface area contributed by atoms with E-state index < -0.39 is 0 Å². The Bertz CT molecular complexity index is 789. The monoisotopic (exact) mass is 338 g/mol.